The van der Waals surface area contributed by atoms with Crippen molar-refractivity contribution >= 4 is 5.97 Å². The van der Waals surface area contributed by atoms with Crippen LogP contribution in [0.4, 0.5) is 0 Å². The Kier molecular flexibility index (Phi) is 3.07. The van der Waals surface area contributed by atoms with Crippen LogP contribution in [0.2, 0.25) is 0 Å². The van der Waals surface area contributed by atoms with Gasteiger partial charge in [0, 0.05) is 0 Å². The molecule has 1 rings (SSSR count). The largest absolute Gasteiger partial charge is 0.465 e. The summed E-state index contributed by atoms with van der Waals surface area (Å²) in [7, 11) is 0.994. The van der Waals surface area contributed by atoms with E-state index in [-0.39, 0.29) is 0 Å². The molecule has 1 aliphatic heterocycles. The molecule has 0 aromatic carbocycles. The Morgan fingerprint density at radius 3 is 2.57 bits per heavy atom. The number of esters is 1. The van der Waals surface area contributed by atoms with Crippen LogP contribution in [0.25, 0.3) is 0 Å². The van der Waals surface area contributed by atoms with E-state index in [4.69, 9.17) is 5.11 Å². The number of aliphatic hydroxyl groups excluding tert-OH is 3. The van der Waals surface area contributed by atoms with Crippen LogP contribution in [0.15, 0.2) is 0 Å². The van der Waals surface area contributed by atoms with E-state index in [1.54, 1.807) is 0 Å². The summed E-state index contributed by atoms with van der Waals surface area (Å²) in [5.41, 5.74) is 0. The molecule has 1 heterocycles. The lowest BCUT2D eigenvalue weighted by Gasteiger charge is -2.39. The van der Waals surface area contributed by atoms with Crippen molar-refractivity contribution in [1.29, 1.82) is 0 Å². The first-order valence-electron chi connectivity index (χ1n) is 3.92. The summed E-state index contributed by atoms with van der Waals surface area (Å²) in [5, 5.41) is 37.0. The molecule has 0 unspecified atom stereocenters. The summed E-state index contributed by atoms with van der Waals surface area (Å²) >= 11 is 0. The van der Waals surface area contributed by atoms with Crippen molar-refractivity contribution in [1.82, 2.24) is 0 Å². The summed E-state index contributed by atoms with van der Waals surface area (Å²) in [6.07, 6.45) is -4.96. The molecule has 82 valence electrons. The average molecular weight is 208 g/mol. The fraction of sp³-hybridized carbons (Fsp3) is 0.857. The molecule has 7 heteroatoms. The van der Waals surface area contributed by atoms with Crippen LogP contribution in [0.5, 0.6) is 0 Å². The second-order valence-electron chi connectivity index (χ2n) is 3.00. The van der Waals surface area contributed by atoms with Gasteiger partial charge in [0.15, 0.2) is 0 Å². The highest BCUT2D eigenvalue weighted by Gasteiger charge is 2.54. The Bertz CT molecular complexity index is 230. The van der Waals surface area contributed by atoms with Crippen molar-refractivity contribution in [2.45, 2.75) is 24.1 Å². The average Bonchev–Trinajstić information content (AvgIpc) is 2.19. The van der Waals surface area contributed by atoms with Crippen LogP contribution in [-0.2, 0) is 14.3 Å². The molecule has 0 amide bonds. The minimum absolute atomic E-state index is 0.468. The van der Waals surface area contributed by atoms with E-state index in [2.05, 4.69) is 9.47 Å². The molecule has 4 atom stereocenters. The maximum Gasteiger partial charge on any atom is 0.369 e. The Morgan fingerprint density at radius 2 is 2.07 bits per heavy atom. The summed E-state index contributed by atoms with van der Waals surface area (Å²) in [5.74, 6) is -3.84. The normalized spacial score (nSPS) is 43.4. The molecule has 1 fully saturated rings. The lowest BCUT2D eigenvalue weighted by atomic mass is 9.97. The minimum atomic E-state index is -2.62. The molecule has 0 aliphatic carbocycles. The van der Waals surface area contributed by atoms with Gasteiger partial charge in [-0.25, -0.2) is 4.79 Å². The molecule has 0 saturated carbocycles. The second-order valence-corrected chi connectivity index (χ2v) is 3.00. The van der Waals surface area contributed by atoms with E-state index < -0.39 is 36.7 Å². The van der Waals surface area contributed by atoms with E-state index in [1.165, 1.54) is 0 Å². The van der Waals surface area contributed by atoms with Crippen LogP contribution < -0.4 is 0 Å². The fourth-order valence-corrected chi connectivity index (χ4v) is 1.16. The Balaban J connectivity index is 2.85. The predicted molar refractivity (Wildman–Crippen MR) is 40.9 cm³/mol. The van der Waals surface area contributed by atoms with Gasteiger partial charge in [-0.15, -0.1) is 0 Å². The van der Waals surface area contributed by atoms with Gasteiger partial charge in [0.1, 0.15) is 18.3 Å². The van der Waals surface area contributed by atoms with E-state index in [1.807, 2.05) is 0 Å². The molecule has 4 N–H and O–H groups in total. The molecule has 1 saturated heterocycles. The van der Waals surface area contributed by atoms with Crippen molar-refractivity contribution in [3.8, 4) is 0 Å². The van der Waals surface area contributed by atoms with E-state index in [9.17, 15) is 20.1 Å². The van der Waals surface area contributed by atoms with Crippen molar-refractivity contribution in [2.75, 3.05) is 13.7 Å². The third kappa shape index (κ3) is 1.60. The highest BCUT2D eigenvalue weighted by Crippen LogP contribution is 2.24. The first kappa shape index (κ1) is 11.3. The monoisotopic (exact) mass is 208 g/mol. The Labute approximate surface area is 79.5 Å². The fourth-order valence-electron chi connectivity index (χ4n) is 1.16. The van der Waals surface area contributed by atoms with Crippen LogP contribution in [0.1, 0.15) is 0 Å². The number of aliphatic hydroxyl groups is 4. The molecule has 1 aliphatic rings. The van der Waals surface area contributed by atoms with Crippen molar-refractivity contribution < 1.29 is 34.7 Å². The van der Waals surface area contributed by atoms with Gasteiger partial charge in [-0.1, -0.05) is 0 Å². The van der Waals surface area contributed by atoms with E-state index in [0.29, 0.717) is 0 Å². The summed E-state index contributed by atoms with van der Waals surface area (Å²) < 4.78 is 8.71. The third-order valence-electron chi connectivity index (χ3n) is 2.07. The molecule has 0 radical (unpaired) electrons. The molecular formula is C7H12O7. The lowest BCUT2D eigenvalue weighted by Crippen LogP contribution is -2.64. The standard InChI is InChI=1S/C7H12O7/c1-13-6(11)7(12)5(10)4(9)3(8)2-14-7/h3-5,8-10,12H,2H2,1H3/t3-,4-,5+,7+/m1/s1. The predicted octanol–water partition coefficient (Wildman–Crippen LogP) is -3.04. The molecule has 14 heavy (non-hydrogen) atoms. The molecular weight excluding hydrogens is 196 g/mol. The Hall–Kier alpha value is -0.730. The molecule has 7 nitrogen and oxygen atoms in total. The lowest BCUT2D eigenvalue weighted by molar-refractivity contribution is -0.312. The quantitative estimate of drug-likeness (QED) is 0.338. The number of ether oxygens (including phenoxy) is 2. The SMILES string of the molecule is COC(=O)[C@@]1(O)OC[C@@H](O)[C@@H](O)[C@@H]1O. The van der Waals surface area contributed by atoms with Gasteiger partial charge in [-0.2, -0.15) is 0 Å². The van der Waals surface area contributed by atoms with Gasteiger partial charge in [-0.05, 0) is 0 Å². The zero-order valence-electron chi connectivity index (χ0n) is 7.45. The number of carbonyl (C=O) groups is 1. The van der Waals surface area contributed by atoms with Gasteiger partial charge in [-0.3, -0.25) is 0 Å². The number of carbonyl (C=O) groups excluding carboxylic acids is 1. The van der Waals surface area contributed by atoms with Gasteiger partial charge >= 0.3 is 5.97 Å². The van der Waals surface area contributed by atoms with Crippen molar-refractivity contribution in [2.24, 2.45) is 0 Å². The molecule has 0 aromatic rings. The zero-order valence-corrected chi connectivity index (χ0v) is 7.45. The maximum absolute atomic E-state index is 11.0. The minimum Gasteiger partial charge on any atom is -0.465 e. The second kappa shape index (κ2) is 3.79. The van der Waals surface area contributed by atoms with E-state index in [0.717, 1.165) is 7.11 Å². The number of methoxy groups -OCH3 is 1. The number of rotatable bonds is 1. The summed E-state index contributed by atoms with van der Waals surface area (Å²) in [6.45, 7) is -0.468. The smallest absolute Gasteiger partial charge is 0.369 e. The van der Waals surface area contributed by atoms with Crippen LogP contribution in [0.3, 0.4) is 0 Å². The molecule has 0 aromatic heterocycles. The zero-order chi connectivity index (χ0) is 10.9. The van der Waals surface area contributed by atoms with Crippen molar-refractivity contribution in [3.63, 3.8) is 0 Å². The maximum atomic E-state index is 11.0. The van der Waals surface area contributed by atoms with Gasteiger partial charge in [0.05, 0.1) is 13.7 Å². The highest BCUT2D eigenvalue weighted by molar-refractivity contribution is 5.78. The van der Waals surface area contributed by atoms with Crippen molar-refractivity contribution in [3.05, 3.63) is 0 Å². The first-order valence-corrected chi connectivity index (χ1v) is 3.92. The van der Waals surface area contributed by atoms with E-state index >= 15 is 0 Å². The molecule has 0 spiro atoms. The first-order chi connectivity index (χ1) is 6.43. The van der Waals surface area contributed by atoms with Gasteiger partial charge < -0.3 is 29.9 Å². The summed E-state index contributed by atoms with van der Waals surface area (Å²) in [4.78, 5) is 11.0. The van der Waals surface area contributed by atoms with Crippen LogP contribution >= 0.6 is 0 Å². The molecule has 0 bridgehead atoms. The Morgan fingerprint density at radius 1 is 1.50 bits per heavy atom. The van der Waals surface area contributed by atoms with Gasteiger partial charge in [0.25, 0.3) is 5.79 Å². The number of hydrogen-bond donors (Lipinski definition) is 4. The number of hydrogen-bond acceptors (Lipinski definition) is 7. The van der Waals surface area contributed by atoms with Gasteiger partial charge in [0.2, 0.25) is 0 Å². The summed E-state index contributed by atoms with van der Waals surface area (Å²) in [6, 6.07) is 0. The van der Waals surface area contributed by atoms with Crippen LogP contribution in [0, 0.1) is 0 Å². The van der Waals surface area contributed by atoms with Crippen LogP contribution in [-0.4, -0.2) is 64.2 Å². The highest BCUT2D eigenvalue weighted by atomic mass is 16.7. The topological polar surface area (TPSA) is 116 Å². The third-order valence-corrected chi connectivity index (χ3v) is 2.07.